The highest BCUT2D eigenvalue weighted by Crippen LogP contribution is 2.34. The number of rotatable bonds is 3. The Hall–Kier alpha value is 0.1000. The molecule has 94 valence electrons. The highest BCUT2D eigenvalue weighted by atomic mass is 79.9. The first kappa shape index (κ1) is 13.5. The second kappa shape index (κ2) is 5.83. The summed E-state index contributed by atoms with van der Waals surface area (Å²) >= 11 is 7.07. The van der Waals surface area contributed by atoms with Crippen LogP contribution in [0.15, 0.2) is 27.1 Å². The third-order valence-electron chi connectivity index (χ3n) is 3.34. The Balaban J connectivity index is 2.26. The van der Waals surface area contributed by atoms with Crippen LogP contribution in [0.5, 0.6) is 0 Å². The number of benzene rings is 1. The quantitative estimate of drug-likeness (QED) is 0.889. The summed E-state index contributed by atoms with van der Waals surface area (Å²) < 4.78 is 2.19. The molecule has 4 heteroatoms. The van der Waals surface area contributed by atoms with Gasteiger partial charge in [-0.05, 0) is 68.9 Å². The molecule has 2 rings (SSSR count). The molecule has 2 nitrogen and oxygen atoms in total. The van der Waals surface area contributed by atoms with Crippen LogP contribution in [-0.2, 0) is 0 Å². The highest BCUT2D eigenvalue weighted by molar-refractivity contribution is 9.13. The van der Waals surface area contributed by atoms with Gasteiger partial charge in [0.1, 0.15) is 0 Å². The molecule has 1 saturated heterocycles. The number of nitrogens with two attached hydrogens (primary N) is 1. The zero-order valence-electron chi connectivity index (χ0n) is 10.00. The molecule has 2 N–H and O–H groups in total. The Morgan fingerprint density at radius 2 is 2.12 bits per heavy atom. The number of halogens is 2. The largest absolute Gasteiger partial charge is 0.326 e. The average molecular weight is 362 g/mol. The topological polar surface area (TPSA) is 29.3 Å². The van der Waals surface area contributed by atoms with Crippen LogP contribution in [0.1, 0.15) is 31.4 Å². The van der Waals surface area contributed by atoms with E-state index in [9.17, 15) is 0 Å². The van der Waals surface area contributed by atoms with Crippen LogP contribution in [0, 0.1) is 0 Å². The number of hydrogen-bond acceptors (Lipinski definition) is 2. The molecule has 1 aromatic carbocycles. The number of hydrogen-bond donors (Lipinski definition) is 1. The van der Waals surface area contributed by atoms with Gasteiger partial charge in [-0.25, -0.2) is 0 Å². The molecule has 1 heterocycles. The van der Waals surface area contributed by atoms with Crippen molar-refractivity contribution in [2.24, 2.45) is 5.73 Å². The van der Waals surface area contributed by atoms with Crippen LogP contribution in [0.4, 0.5) is 0 Å². The van der Waals surface area contributed by atoms with E-state index < -0.39 is 0 Å². The van der Waals surface area contributed by atoms with E-state index in [0.717, 1.165) is 28.5 Å². The first-order chi connectivity index (χ1) is 8.13. The molecule has 17 heavy (non-hydrogen) atoms. The van der Waals surface area contributed by atoms with Crippen molar-refractivity contribution < 1.29 is 0 Å². The van der Waals surface area contributed by atoms with Crippen molar-refractivity contribution in [2.75, 3.05) is 13.1 Å². The van der Waals surface area contributed by atoms with E-state index in [2.05, 4.69) is 61.9 Å². The number of likely N-dealkylation sites (tertiary alicyclic amines) is 1. The second-order valence-electron chi connectivity index (χ2n) is 4.61. The smallest absolute Gasteiger partial charge is 0.0500 e. The van der Waals surface area contributed by atoms with E-state index in [1.54, 1.807) is 0 Å². The Kier molecular flexibility index (Phi) is 4.64. The summed E-state index contributed by atoms with van der Waals surface area (Å²) in [6.45, 7) is 4.47. The van der Waals surface area contributed by atoms with Crippen molar-refractivity contribution in [3.8, 4) is 0 Å². The van der Waals surface area contributed by atoms with E-state index in [1.807, 2.05) is 0 Å². The second-order valence-corrected chi connectivity index (χ2v) is 6.32. The zero-order valence-corrected chi connectivity index (χ0v) is 13.2. The molecule has 0 spiro atoms. The predicted molar refractivity (Wildman–Crippen MR) is 79.0 cm³/mol. The summed E-state index contributed by atoms with van der Waals surface area (Å²) in [7, 11) is 0. The van der Waals surface area contributed by atoms with Crippen molar-refractivity contribution in [2.45, 2.75) is 31.8 Å². The molecule has 0 aromatic heterocycles. The van der Waals surface area contributed by atoms with Gasteiger partial charge in [-0.3, -0.25) is 4.90 Å². The molecule has 0 radical (unpaired) electrons. The van der Waals surface area contributed by atoms with Gasteiger partial charge in [-0.2, -0.15) is 0 Å². The summed E-state index contributed by atoms with van der Waals surface area (Å²) in [5.74, 6) is 0. The van der Waals surface area contributed by atoms with Gasteiger partial charge < -0.3 is 5.73 Å². The monoisotopic (exact) mass is 360 g/mol. The molecule has 0 amide bonds. The Morgan fingerprint density at radius 1 is 1.35 bits per heavy atom. The molecule has 0 bridgehead atoms. The Labute approximate surface area is 120 Å². The van der Waals surface area contributed by atoms with Gasteiger partial charge in [0.2, 0.25) is 0 Å². The van der Waals surface area contributed by atoms with Crippen LogP contribution in [0.25, 0.3) is 0 Å². The summed E-state index contributed by atoms with van der Waals surface area (Å²) in [5, 5.41) is 0. The fourth-order valence-electron chi connectivity index (χ4n) is 2.58. The molecule has 2 atom stereocenters. The van der Waals surface area contributed by atoms with E-state index in [1.165, 1.54) is 12.0 Å². The molecule has 1 aliphatic heterocycles. The van der Waals surface area contributed by atoms with Crippen LogP contribution < -0.4 is 5.73 Å². The first-order valence-corrected chi connectivity index (χ1v) is 7.66. The van der Waals surface area contributed by atoms with Crippen molar-refractivity contribution in [3.05, 3.63) is 32.7 Å². The van der Waals surface area contributed by atoms with Crippen LogP contribution in [0.3, 0.4) is 0 Å². The molecule has 1 aliphatic rings. The maximum Gasteiger partial charge on any atom is 0.0500 e. The van der Waals surface area contributed by atoms with E-state index >= 15 is 0 Å². The predicted octanol–water partition coefficient (Wildman–Crippen LogP) is 3.70. The lowest BCUT2D eigenvalue weighted by molar-refractivity contribution is 0.248. The summed E-state index contributed by atoms with van der Waals surface area (Å²) in [6.07, 6.45) is 2.28. The van der Waals surface area contributed by atoms with Crippen molar-refractivity contribution in [3.63, 3.8) is 0 Å². The molecular formula is C13H18Br2N2. The summed E-state index contributed by atoms with van der Waals surface area (Å²) in [6, 6.07) is 7.08. The van der Waals surface area contributed by atoms with Crippen LogP contribution in [0.2, 0.25) is 0 Å². The first-order valence-electron chi connectivity index (χ1n) is 6.08. The fraction of sp³-hybridized carbons (Fsp3) is 0.538. The van der Waals surface area contributed by atoms with Crippen LogP contribution >= 0.6 is 31.9 Å². The van der Waals surface area contributed by atoms with Crippen molar-refractivity contribution >= 4 is 31.9 Å². The fourth-order valence-corrected chi connectivity index (χ4v) is 3.22. The zero-order chi connectivity index (χ0) is 12.4. The third-order valence-corrected chi connectivity index (χ3v) is 5.22. The summed E-state index contributed by atoms with van der Waals surface area (Å²) in [4.78, 5) is 2.50. The van der Waals surface area contributed by atoms with Gasteiger partial charge >= 0.3 is 0 Å². The van der Waals surface area contributed by atoms with Gasteiger partial charge in [-0.1, -0.05) is 13.0 Å². The molecular weight excluding hydrogens is 344 g/mol. The normalized spacial score (nSPS) is 25.4. The molecule has 1 fully saturated rings. The lowest BCUT2D eigenvalue weighted by Crippen LogP contribution is -2.32. The number of nitrogens with zero attached hydrogens (tertiary/aromatic N) is 1. The van der Waals surface area contributed by atoms with Crippen molar-refractivity contribution in [1.29, 1.82) is 0 Å². The van der Waals surface area contributed by atoms with Gasteiger partial charge in [0.15, 0.2) is 0 Å². The highest BCUT2D eigenvalue weighted by Gasteiger charge is 2.32. The van der Waals surface area contributed by atoms with Gasteiger partial charge in [0.25, 0.3) is 0 Å². The summed E-state index contributed by atoms with van der Waals surface area (Å²) in [5.41, 5.74) is 7.57. The Bertz CT molecular complexity index is 393. The maximum atomic E-state index is 6.25. The van der Waals surface area contributed by atoms with Crippen molar-refractivity contribution in [1.82, 2.24) is 4.90 Å². The van der Waals surface area contributed by atoms with E-state index in [-0.39, 0.29) is 6.04 Å². The van der Waals surface area contributed by atoms with E-state index in [0.29, 0.717) is 6.04 Å². The lowest BCUT2D eigenvalue weighted by atomic mass is 10.0. The minimum absolute atomic E-state index is 0.259. The van der Waals surface area contributed by atoms with Crippen LogP contribution in [-0.4, -0.2) is 24.0 Å². The molecule has 0 aliphatic carbocycles. The maximum absolute atomic E-state index is 6.25. The van der Waals surface area contributed by atoms with Gasteiger partial charge in [0, 0.05) is 27.6 Å². The third kappa shape index (κ3) is 2.92. The average Bonchev–Trinajstić information content (AvgIpc) is 2.65. The molecule has 0 saturated carbocycles. The van der Waals surface area contributed by atoms with Gasteiger partial charge in [0.05, 0.1) is 0 Å². The molecule has 2 unspecified atom stereocenters. The minimum Gasteiger partial charge on any atom is -0.326 e. The standard InChI is InChI=1S/C13H18Br2N2/c1-2-6-17-7-5-12(16)13(17)9-3-4-10(14)11(15)8-9/h3-4,8,12-13H,2,5-7,16H2,1H3. The van der Waals surface area contributed by atoms with E-state index in [4.69, 9.17) is 5.73 Å². The lowest BCUT2D eigenvalue weighted by Gasteiger charge is -2.27. The minimum atomic E-state index is 0.259. The van der Waals surface area contributed by atoms with Gasteiger partial charge in [-0.15, -0.1) is 0 Å². The SMILES string of the molecule is CCCN1CCC(N)C1c1ccc(Br)c(Br)c1. The molecule has 1 aromatic rings. The Morgan fingerprint density at radius 3 is 2.76 bits per heavy atom.